The molecule has 3 aromatic rings. The smallest absolute Gasteiger partial charge is 0.471 e. The van der Waals surface area contributed by atoms with E-state index in [1.54, 1.807) is 49.4 Å². The lowest BCUT2D eigenvalue weighted by Gasteiger charge is -2.29. The first-order valence-electron chi connectivity index (χ1n) is 11.8. The molecule has 0 fully saturated rings. The first-order chi connectivity index (χ1) is 18.1. The van der Waals surface area contributed by atoms with E-state index in [4.69, 9.17) is 15.2 Å². The molecule has 38 heavy (non-hydrogen) atoms. The molecule has 1 amide bonds. The quantitative estimate of drug-likeness (QED) is 0.376. The van der Waals surface area contributed by atoms with Crippen LogP contribution in [0.2, 0.25) is 0 Å². The molecule has 4 N–H and O–H groups in total. The van der Waals surface area contributed by atoms with Crippen molar-refractivity contribution in [1.29, 1.82) is 0 Å². The highest BCUT2D eigenvalue weighted by molar-refractivity contribution is 5.98. The molecule has 198 valence electrons. The van der Waals surface area contributed by atoms with Crippen molar-refractivity contribution < 1.29 is 37.3 Å². The lowest BCUT2D eigenvalue weighted by Crippen LogP contribution is -2.44. The van der Waals surface area contributed by atoms with Gasteiger partial charge in [-0.1, -0.05) is 37.3 Å². The third kappa shape index (κ3) is 4.44. The molecule has 0 bridgehead atoms. The predicted molar refractivity (Wildman–Crippen MR) is 134 cm³/mol. The summed E-state index contributed by atoms with van der Waals surface area (Å²) in [5, 5.41) is 12.5. The van der Waals surface area contributed by atoms with E-state index in [1.165, 1.54) is 18.2 Å². The summed E-state index contributed by atoms with van der Waals surface area (Å²) in [7, 11) is 0. The fourth-order valence-corrected chi connectivity index (χ4v) is 4.83. The van der Waals surface area contributed by atoms with Gasteiger partial charge < -0.3 is 25.6 Å². The highest BCUT2D eigenvalue weighted by Gasteiger charge is 2.48. The highest BCUT2D eigenvalue weighted by Crippen LogP contribution is 2.47. The lowest BCUT2D eigenvalue weighted by atomic mass is 9.89. The number of ether oxygens (including phenoxy) is 2. The van der Waals surface area contributed by atoms with Crippen molar-refractivity contribution in [1.82, 2.24) is 0 Å². The molecule has 11 heteroatoms. The van der Waals surface area contributed by atoms with Crippen LogP contribution < -0.4 is 25.4 Å². The van der Waals surface area contributed by atoms with Gasteiger partial charge in [0.15, 0.2) is 0 Å². The Morgan fingerprint density at radius 2 is 1.76 bits per heavy atom. The van der Waals surface area contributed by atoms with Gasteiger partial charge in [0, 0.05) is 28.8 Å². The Labute approximate surface area is 215 Å². The molecule has 1 unspecified atom stereocenters. The number of nitrogens with zero attached hydrogens (tertiary/aromatic N) is 1. The Hall–Kier alpha value is -4.41. The van der Waals surface area contributed by atoms with Crippen LogP contribution in [-0.2, 0) is 9.59 Å². The Kier molecular flexibility index (Phi) is 6.29. The molecule has 3 atom stereocenters. The number of halogens is 3. The number of carboxylic acid groups (broad SMARTS) is 1. The second-order valence-electron chi connectivity index (χ2n) is 9.20. The maximum Gasteiger partial charge on any atom is 0.471 e. The number of nitrogens with one attached hydrogen (secondary N) is 1. The Morgan fingerprint density at radius 1 is 1.03 bits per heavy atom. The summed E-state index contributed by atoms with van der Waals surface area (Å²) in [4.78, 5) is 24.9. The number of carbonyl (C=O) groups is 2. The van der Waals surface area contributed by atoms with E-state index in [-0.39, 0.29) is 24.7 Å². The van der Waals surface area contributed by atoms with Gasteiger partial charge in [0.25, 0.3) is 0 Å². The van der Waals surface area contributed by atoms with Gasteiger partial charge in [-0.05, 0) is 24.3 Å². The van der Waals surface area contributed by atoms with Crippen LogP contribution in [0.1, 0.15) is 30.0 Å². The molecule has 0 aliphatic carbocycles. The number of fused-ring (bicyclic) bond motifs is 2. The number of carboxylic acids is 1. The van der Waals surface area contributed by atoms with Crippen LogP contribution in [-0.4, -0.2) is 36.4 Å². The highest BCUT2D eigenvalue weighted by atomic mass is 19.4. The summed E-state index contributed by atoms with van der Waals surface area (Å²) in [6.07, 6.45) is -5.16. The zero-order chi connectivity index (χ0) is 27.2. The van der Waals surface area contributed by atoms with Crippen LogP contribution in [0.3, 0.4) is 0 Å². The molecule has 0 radical (unpaired) electrons. The van der Waals surface area contributed by atoms with Gasteiger partial charge >= 0.3 is 18.1 Å². The number of benzene rings is 3. The van der Waals surface area contributed by atoms with Crippen molar-refractivity contribution in [2.75, 3.05) is 29.2 Å². The van der Waals surface area contributed by atoms with E-state index in [1.807, 2.05) is 0 Å². The number of aliphatic carboxylic acids is 1. The molecule has 0 spiro atoms. The van der Waals surface area contributed by atoms with E-state index >= 15 is 0 Å². The Balaban J connectivity index is 1.53. The minimum Gasteiger partial charge on any atom is -0.493 e. The molecule has 2 aliphatic heterocycles. The third-order valence-electron chi connectivity index (χ3n) is 6.88. The topological polar surface area (TPSA) is 114 Å². The van der Waals surface area contributed by atoms with Crippen LogP contribution in [0.15, 0.2) is 60.7 Å². The summed E-state index contributed by atoms with van der Waals surface area (Å²) in [5.41, 5.74) is 8.49. The number of nitrogen functional groups attached to an aromatic ring is 1. The van der Waals surface area contributed by atoms with Crippen LogP contribution in [0.5, 0.6) is 11.5 Å². The van der Waals surface area contributed by atoms with Gasteiger partial charge in [-0.15, -0.1) is 0 Å². The van der Waals surface area contributed by atoms with Gasteiger partial charge in [0.1, 0.15) is 18.1 Å². The van der Waals surface area contributed by atoms with Crippen molar-refractivity contribution >= 4 is 34.6 Å². The summed E-state index contributed by atoms with van der Waals surface area (Å²) in [6, 6.07) is 15.1. The molecule has 2 heterocycles. The van der Waals surface area contributed by atoms with Gasteiger partial charge in [-0.3, -0.25) is 14.5 Å². The summed E-state index contributed by atoms with van der Waals surface area (Å²) >= 11 is 0. The average molecular weight is 527 g/mol. The average Bonchev–Trinajstić information content (AvgIpc) is 3.49. The van der Waals surface area contributed by atoms with Crippen LogP contribution >= 0.6 is 0 Å². The molecule has 3 aromatic carbocycles. The fraction of sp³-hybridized carbons (Fsp3) is 0.259. The number of hydrogen-bond acceptors (Lipinski definition) is 6. The van der Waals surface area contributed by atoms with E-state index in [0.717, 1.165) is 0 Å². The van der Waals surface area contributed by atoms with Crippen LogP contribution in [0.4, 0.5) is 35.9 Å². The molecule has 5 rings (SSSR count). The fourth-order valence-electron chi connectivity index (χ4n) is 4.83. The van der Waals surface area contributed by atoms with E-state index in [0.29, 0.717) is 38.8 Å². The summed E-state index contributed by atoms with van der Waals surface area (Å²) < 4.78 is 52.9. The van der Waals surface area contributed by atoms with Gasteiger partial charge in [-0.2, -0.15) is 13.2 Å². The molecule has 0 saturated heterocycles. The molecule has 2 aliphatic rings. The SMILES string of the molecule is CC(C(=O)O)[C@@H]1COc2cc(N(C(=O)C(F)(F)F)[C@H]3COc4c(Nc5ccccc5N)cccc43)ccc21. The first kappa shape index (κ1) is 25.2. The number of nitrogens with two attached hydrogens (primary N) is 1. The van der Waals surface area contributed by atoms with Crippen molar-refractivity contribution in [2.45, 2.75) is 25.1 Å². The maximum absolute atomic E-state index is 13.8. The number of para-hydroxylation sites is 3. The van der Waals surface area contributed by atoms with Crippen molar-refractivity contribution in [3.8, 4) is 11.5 Å². The number of hydrogen-bond donors (Lipinski definition) is 3. The molecular weight excluding hydrogens is 503 g/mol. The van der Waals surface area contributed by atoms with Crippen molar-refractivity contribution in [3.05, 3.63) is 71.8 Å². The number of carbonyl (C=O) groups excluding carboxylic acids is 1. The standard InChI is InChI=1S/C27H24F3N3O5/c1-14(25(34)35)18-12-37-23-11-15(9-10-16(18)23)33(26(36)27(28,29)30)22-13-38-24-17(22)5-4-8-21(24)32-20-7-3-2-6-19(20)31/h2-11,14,18,22,32H,12-13,31H2,1H3,(H,34,35)/t14?,18-,22-/m0/s1. The largest absolute Gasteiger partial charge is 0.493 e. The molecule has 0 saturated carbocycles. The normalized spacial score (nSPS) is 18.5. The van der Waals surface area contributed by atoms with Gasteiger partial charge in [0.2, 0.25) is 0 Å². The zero-order valence-corrected chi connectivity index (χ0v) is 20.2. The molecule has 0 aromatic heterocycles. The second kappa shape index (κ2) is 9.47. The maximum atomic E-state index is 13.8. The minimum atomic E-state index is -5.16. The minimum absolute atomic E-state index is 0.0400. The number of amides is 1. The third-order valence-corrected chi connectivity index (χ3v) is 6.88. The van der Waals surface area contributed by atoms with Crippen molar-refractivity contribution in [2.24, 2.45) is 5.92 Å². The van der Waals surface area contributed by atoms with E-state index in [2.05, 4.69) is 5.32 Å². The Morgan fingerprint density at radius 3 is 2.47 bits per heavy atom. The zero-order valence-electron chi connectivity index (χ0n) is 20.2. The Bertz CT molecular complexity index is 1410. The lowest BCUT2D eigenvalue weighted by molar-refractivity contribution is -0.171. The molecule has 8 nitrogen and oxygen atoms in total. The van der Waals surface area contributed by atoms with Crippen LogP contribution in [0.25, 0.3) is 0 Å². The summed E-state index contributed by atoms with van der Waals surface area (Å²) in [5.74, 6) is -3.72. The second-order valence-corrected chi connectivity index (χ2v) is 9.20. The number of rotatable bonds is 6. The van der Waals surface area contributed by atoms with E-state index < -0.39 is 35.9 Å². The van der Waals surface area contributed by atoms with E-state index in [9.17, 15) is 27.9 Å². The number of alkyl halides is 3. The van der Waals surface area contributed by atoms with Crippen molar-refractivity contribution in [3.63, 3.8) is 0 Å². The molecular formula is C27H24F3N3O5. The van der Waals surface area contributed by atoms with Gasteiger partial charge in [0.05, 0.1) is 35.6 Å². The predicted octanol–water partition coefficient (Wildman–Crippen LogP) is 5.24. The number of anilines is 4. The van der Waals surface area contributed by atoms with Gasteiger partial charge in [-0.25, -0.2) is 0 Å². The first-order valence-corrected chi connectivity index (χ1v) is 11.8. The summed E-state index contributed by atoms with van der Waals surface area (Å²) in [6.45, 7) is 1.41. The monoisotopic (exact) mass is 527 g/mol. The van der Waals surface area contributed by atoms with Crippen LogP contribution in [0, 0.1) is 5.92 Å².